The standard InChI is InChI=1S/C11H23NO3/c1-3-5-6-7-8-9-10-12(14)11(13)15-4-2/h14H,3-10H2,1-2H3. The largest absolute Gasteiger partial charge is 0.448 e. The molecule has 0 rings (SSSR count). The van der Waals surface area contributed by atoms with Crippen molar-refractivity contribution in [1.29, 1.82) is 0 Å². The van der Waals surface area contributed by atoms with E-state index in [0.29, 0.717) is 18.2 Å². The summed E-state index contributed by atoms with van der Waals surface area (Å²) in [5.41, 5.74) is 0. The Labute approximate surface area is 92.2 Å². The van der Waals surface area contributed by atoms with Crippen molar-refractivity contribution in [1.82, 2.24) is 5.06 Å². The van der Waals surface area contributed by atoms with Crippen LogP contribution >= 0.6 is 0 Å². The first-order chi connectivity index (χ1) is 7.22. The third-order valence-corrected chi connectivity index (χ3v) is 2.20. The minimum atomic E-state index is -0.647. The molecule has 0 spiro atoms. The number of rotatable bonds is 8. The maximum absolute atomic E-state index is 11.0. The van der Waals surface area contributed by atoms with E-state index in [9.17, 15) is 10.0 Å². The van der Waals surface area contributed by atoms with Gasteiger partial charge in [-0.3, -0.25) is 5.21 Å². The molecule has 0 saturated heterocycles. The number of carbonyl (C=O) groups is 1. The molecule has 0 bridgehead atoms. The maximum atomic E-state index is 11.0. The Bertz CT molecular complexity index is 162. The van der Waals surface area contributed by atoms with Gasteiger partial charge in [-0.05, 0) is 13.3 Å². The zero-order valence-electron chi connectivity index (χ0n) is 9.87. The molecule has 0 saturated carbocycles. The van der Waals surface area contributed by atoms with Crippen LogP contribution in [0.2, 0.25) is 0 Å². The van der Waals surface area contributed by atoms with Crippen LogP contribution in [-0.2, 0) is 4.74 Å². The highest BCUT2D eigenvalue weighted by Crippen LogP contribution is 2.05. The number of carbonyl (C=O) groups excluding carboxylic acids is 1. The quantitative estimate of drug-likeness (QED) is 0.386. The third kappa shape index (κ3) is 8.24. The second-order valence-electron chi connectivity index (χ2n) is 3.59. The number of ether oxygens (including phenoxy) is 1. The molecule has 0 aliphatic carbocycles. The Morgan fingerprint density at radius 1 is 1.13 bits per heavy atom. The molecule has 1 N–H and O–H groups in total. The molecule has 0 aromatic carbocycles. The summed E-state index contributed by atoms with van der Waals surface area (Å²) >= 11 is 0. The Kier molecular flexibility index (Phi) is 9.27. The van der Waals surface area contributed by atoms with Gasteiger partial charge < -0.3 is 4.74 Å². The lowest BCUT2D eigenvalue weighted by Gasteiger charge is -2.13. The fourth-order valence-electron chi connectivity index (χ4n) is 1.33. The minimum absolute atomic E-state index is 0.298. The van der Waals surface area contributed by atoms with Gasteiger partial charge in [0.2, 0.25) is 0 Å². The van der Waals surface area contributed by atoms with Crippen molar-refractivity contribution in [2.45, 2.75) is 52.4 Å². The fraction of sp³-hybridized carbons (Fsp3) is 0.909. The lowest BCUT2D eigenvalue weighted by molar-refractivity contribution is -0.0738. The molecule has 90 valence electrons. The van der Waals surface area contributed by atoms with E-state index >= 15 is 0 Å². The van der Waals surface area contributed by atoms with Crippen LogP contribution < -0.4 is 0 Å². The predicted octanol–water partition coefficient (Wildman–Crippen LogP) is 3.19. The van der Waals surface area contributed by atoms with E-state index in [0.717, 1.165) is 12.8 Å². The van der Waals surface area contributed by atoms with Crippen molar-refractivity contribution in [3.63, 3.8) is 0 Å². The van der Waals surface area contributed by atoms with E-state index in [1.54, 1.807) is 6.92 Å². The van der Waals surface area contributed by atoms with Gasteiger partial charge in [0.25, 0.3) is 0 Å². The highest BCUT2D eigenvalue weighted by molar-refractivity contribution is 5.65. The second kappa shape index (κ2) is 9.77. The smallest absolute Gasteiger partial charge is 0.433 e. The van der Waals surface area contributed by atoms with Gasteiger partial charge in [0.05, 0.1) is 13.2 Å². The fourth-order valence-corrected chi connectivity index (χ4v) is 1.33. The van der Waals surface area contributed by atoms with Gasteiger partial charge in [-0.15, -0.1) is 0 Å². The molecule has 0 unspecified atom stereocenters. The highest BCUT2D eigenvalue weighted by Gasteiger charge is 2.09. The van der Waals surface area contributed by atoms with Crippen molar-refractivity contribution in [2.24, 2.45) is 0 Å². The Hall–Kier alpha value is -0.770. The average molecular weight is 217 g/mol. The molecule has 0 aromatic rings. The molecule has 0 aliphatic heterocycles. The molecule has 0 fully saturated rings. The van der Waals surface area contributed by atoms with E-state index < -0.39 is 6.09 Å². The van der Waals surface area contributed by atoms with Crippen molar-refractivity contribution in [2.75, 3.05) is 13.2 Å². The van der Waals surface area contributed by atoms with E-state index in [4.69, 9.17) is 0 Å². The van der Waals surface area contributed by atoms with Crippen LogP contribution in [0.5, 0.6) is 0 Å². The zero-order valence-corrected chi connectivity index (χ0v) is 9.87. The van der Waals surface area contributed by atoms with Crippen molar-refractivity contribution in [3.05, 3.63) is 0 Å². The summed E-state index contributed by atoms with van der Waals surface area (Å²) in [6.45, 7) is 4.56. The summed E-state index contributed by atoms with van der Waals surface area (Å²) in [6.07, 6.45) is 6.14. The number of amides is 1. The van der Waals surface area contributed by atoms with Gasteiger partial charge in [-0.25, -0.2) is 4.79 Å². The average Bonchev–Trinajstić information content (AvgIpc) is 2.23. The highest BCUT2D eigenvalue weighted by atomic mass is 16.6. The number of nitrogens with zero attached hydrogens (tertiary/aromatic N) is 1. The summed E-state index contributed by atoms with van der Waals surface area (Å²) < 4.78 is 4.64. The van der Waals surface area contributed by atoms with Gasteiger partial charge in [-0.2, -0.15) is 5.06 Å². The molecule has 0 radical (unpaired) electrons. The van der Waals surface area contributed by atoms with Gasteiger partial charge in [-0.1, -0.05) is 39.0 Å². The first-order valence-corrected chi connectivity index (χ1v) is 5.85. The maximum Gasteiger partial charge on any atom is 0.433 e. The zero-order chi connectivity index (χ0) is 11.5. The summed E-state index contributed by atoms with van der Waals surface area (Å²) in [7, 11) is 0. The number of hydrogen-bond donors (Lipinski definition) is 1. The summed E-state index contributed by atoms with van der Waals surface area (Å²) in [4.78, 5) is 11.0. The van der Waals surface area contributed by atoms with E-state index in [1.165, 1.54) is 25.7 Å². The van der Waals surface area contributed by atoms with Crippen LogP contribution in [-0.4, -0.2) is 29.5 Å². The van der Waals surface area contributed by atoms with E-state index in [2.05, 4.69) is 11.7 Å². The van der Waals surface area contributed by atoms with Crippen molar-refractivity contribution in [3.8, 4) is 0 Å². The lowest BCUT2D eigenvalue weighted by Crippen LogP contribution is -2.29. The molecule has 0 heterocycles. The number of hydroxylamine groups is 2. The van der Waals surface area contributed by atoms with Crippen LogP contribution in [0.3, 0.4) is 0 Å². The SMILES string of the molecule is CCCCCCCCN(O)C(=O)OCC. The number of unbranched alkanes of at least 4 members (excludes halogenated alkanes) is 5. The van der Waals surface area contributed by atoms with Gasteiger partial charge in [0.1, 0.15) is 0 Å². The molecular formula is C11H23NO3. The molecular weight excluding hydrogens is 194 g/mol. The van der Waals surface area contributed by atoms with E-state index in [-0.39, 0.29) is 0 Å². The Morgan fingerprint density at radius 3 is 2.33 bits per heavy atom. The summed E-state index contributed by atoms with van der Waals surface area (Å²) in [5.74, 6) is 0. The molecule has 0 aliphatic rings. The van der Waals surface area contributed by atoms with Crippen LogP contribution in [0.25, 0.3) is 0 Å². The van der Waals surface area contributed by atoms with Crippen molar-refractivity contribution >= 4 is 6.09 Å². The predicted molar refractivity (Wildman–Crippen MR) is 58.9 cm³/mol. The molecule has 4 heteroatoms. The molecule has 0 atom stereocenters. The normalized spacial score (nSPS) is 10.1. The monoisotopic (exact) mass is 217 g/mol. The van der Waals surface area contributed by atoms with Crippen LogP contribution in [0.15, 0.2) is 0 Å². The molecule has 15 heavy (non-hydrogen) atoms. The minimum Gasteiger partial charge on any atom is -0.448 e. The molecule has 4 nitrogen and oxygen atoms in total. The topological polar surface area (TPSA) is 49.8 Å². The van der Waals surface area contributed by atoms with Gasteiger partial charge in [0.15, 0.2) is 0 Å². The van der Waals surface area contributed by atoms with Crippen molar-refractivity contribution < 1.29 is 14.7 Å². The Morgan fingerprint density at radius 2 is 1.73 bits per heavy atom. The molecule has 1 amide bonds. The third-order valence-electron chi connectivity index (χ3n) is 2.20. The first-order valence-electron chi connectivity index (χ1n) is 5.85. The summed E-state index contributed by atoms with van der Waals surface area (Å²) in [5, 5.41) is 9.87. The van der Waals surface area contributed by atoms with Crippen LogP contribution in [0.4, 0.5) is 4.79 Å². The van der Waals surface area contributed by atoms with Crippen LogP contribution in [0, 0.1) is 0 Å². The molecule has 0 aromatic heterocycles. The number of hydrogen-bond acceptors (Lipinski definition) is 3. The second-order valence-corrected chi connectivity index (χ2v) is 3.59. The lowest BCUT2D eigenvalue weighted by atomic mass is 10.1. The van der Waals surface area contributed by atoms with E-state index in [1.807, 2.05) is 0 Å². The first kappa shape index (κ1) is 14.2. The van der Waals surface area contributed by atoms with Crippen LogP contribution in [0.1, 0.15) is 52.4 Å². The van der Waals surface area contributed by atoms with Gasteiger partial charge in [0, 0.05) is 0 Å². The van der Waals surface area contributed by atoms with Gasteiger partial charge >= 0.3 is 6.09 Å². The Balaban J connectivity index is 3.30. The summed E-state index contributed by atoms with van der Waals surface area (Å²) in [6, 6.07) is 0.